The fourth-order valence-electron chi connectivity index (χ4n) is 2.44. The number of aryl methyl sites for hydroxylation is 2. The highest BCUT2D eigenvalue weighted by Crippen LogP contribution is 2.20. The highest BCUT2D eigenvalue weighted by atomic mass is 35.5. The summed E-state index contributed by atoms with van der Waals surface area (Å²) in [5, 5.41) is 15.5. The van der Waals surface area contributed by atoms with Crippen LogP contribution in [0, 0.1) is 18.3 Å². The summed E-state index contributed by atoms with van der Waals surface area (Å²) in [6, 6.07) is 17.5. The number of nitriles is 1. The molecule has 0 heterocycles. The third-order valence-electron chi connectivity index (χ3n) is 3.94. The van der Waals surface area contributed by atoms with E-state index in [-0.39, 0.29) is 5.57 Å². The molecular formula is C21H22ClN3O. The summed E-state index contributed by atoms with van der Waals surface area (Å²) < 4.78 is 0. The Morgan fingerprint density at radius 3 is 2.69 bits per heavy atom. The first kappa shape index (κ1) is 19.6. The van der Waals surface area contributed by atoms with E-state index in [4.69, 9.17) is 11.6 Å². The molecule has 0 aromatic heterocycles. The summed E-state index contributed by atoms with van der Waals surface area (Å²) in [4.78, 5) is 12.2. The van der Waals surface area contributed by atoms with Crippen LogP contribution >= 0.6 is 11.6 Å². The number of benzene rings is 2. The molecule has 2 rings (SSSR count). The number of amides is 1. The molecule has 0 radical (unpaired) electrons. The molecule has 2 N–H and O–H groups in total. The summed E-state index contributed by atoms with van der Waals surface area (Å²) >= 11 is 5.95. The van der Waals surface area contributed by atoms with Crippen molar-refractivity contribution >= 4 is 23.2 Å². The van der Waals surface area contributed by atoms with Crippen molar-refractivity contribution in [1.29, 1.82) is 5.26 Å². The van der Waals surface area contributed by atoms with Crippen molar-refractivity contribution in [3.8, 4) is 6.07 Å². The van der Waals surface area contributed by atoms with Gasteiger partial charge in [0.25, 0.3) is 5.91 Å². The van der Waals surface area contributed by atoms with Crippen LogP contribution in [-0.4, -0.2) is 12.5 Å². The van der Waals surface area contributed by atoms with E-state index >= 15 is 0 Å². The van der Waals surface area contributed by atoms with Crippen LogP contribution < -0.4 is 10.6 Å². The molecule has 2 aromatic carbocycles. The van der Waals surface area contributed by atoms with Crippen molar-refractivity contribution in [2.45, 2.75) is 26.2 Å². The second-order valence-electron chi connectivity index (χ2n) is 5.98. The lowest BCUT2D eigenvalue weighted by atomic mass is 10.1. The predicted molar refractivity (Wildman–Crippen MR) is 106 cm³/mol. The van der Waals surface area contributed by atoms with Gasteiger partial charge in [0, 0.05) is 23.5 Å². The zero-order valence-corrected chi connectivity index (χ0v) is 15.5. The molecule has 1 amide bonds. The van der Waals surface area contributed by atoms with E-state index in [2.05, 4.69) is 22.8 Å². The number of carbonyl (C=O) groups excluding carboxylic acids is 1. The molecule has 134 valence electrons. The van der Waals surface area contributed by atoms with Gasteiger partial charge in [-0.2, -0.15) is 5.26 Å². The molecule has 0 saturated heterocycles. The number of nitrogens with one attached hydrogen (secondary N) is 2. The van der Waals surface area contributed by atoms with E-state index in [0.29, 0.717) is 17.3 Å². The standard InChI is InChI=1S/C21H22ClN3O/c1-16-10-11-19(22)13-20(16)25-21(26)18(14-23)15-24-12-6-5-9-17-7-3-2-4-8-17/h2-4,7-8,10-11,13,15,24H,5-6,9,12H2,1H3,(H,25,26)/b18-15-. The number of hydrogen-bond acceptors (Lipinski definition) is 3. The minimum absolute atomic E-state index is 0.0347. The number of rotatable bonds is 8. The van der Waals surface area contributed by atoms with Crippen LogP contribution in [-0.2, 0) is 11.2 Å². The van der Waals surface area contributed by atoms with E-state index in [1.807, 2.05) is 37.3 Å². The van der Waals surface area contributed by atoms with Crippen molar-refractivity contribution < 1.29 is 4.79 Å². The number of halogens is 1. The molecule has 0 fully saturated rings. The summed E-state index contributed by atoms with van der Waals surface area (Å²) in [6.45, 7) is 2.58. The van der Waals surface area contributed by atoms with Crippen molar-refractivity contribution in [3.05, 3.63) is 76.5 Å². The number of unbranched alkanes of at least 4 members (excludes halogenated alkanes) is 1. The van der Waals surface area contributed by atoms with Crippen LogP contribution in [0.4, 0.5) is 5.69 Å². The maximum atomic E-state index is 12.2. The highest BCUT2D eigenvalue weighted by Gasteiger charge is 2.10. The van der Waals surface area contributed by atoms with Gasteiger partial charge in [0.1, 0.15) is 11.6 Å². The van der Waals surface area contributed by atoms with Crippen LogP contribution in [0.2, 0.25) is 5.02 Å². The first-order valence-electron chi connectivity index (χ1n) is 8.55. The lowest BCUT2D eigenvalue weighted by Gasteiger charge is -2.08. The van der Waals surface area contributed by atoms with Gasteiger partial charge in [0.15, 0.2) is 0 Å². The van der Waals surface area contributed by atoms with Crippen LogP contribution in [0.3, 0.4) is 0 Å². The Balaban J connectivity index is 1.79. The Hall–Kier alpha value is -2.77. The minimum Gasteiger partial charge on any atom is -0.390 e. The molecule has 4 nitrogen and oxygen atoms in total. The Kier molecular flexibility index (Phi) is 7.73. The molecule has 0 bridgehead atoms. The van der Waals surface area contributed by atoms with Crippen molar-refractivity contribution in [3.63, 3.8) is 0 Å². The van der Waals surface area contributed by atoms with E-state index in [9.17, 15) is 10.1 Å². The van der Waals surface area contributed by atoms with Gasteiger partial charge in [-0.15, -0.1) is 0 Å². The molecule has 0 aliphatic heterocycles. The lowest BCUT2D eigenvalue weighted by molar-refractivity contribution is -0.112. The van der Waals surface area contributed by atoms with Crippen molar-refractivity contribution in [1.82, 2.24) is 5.32 Å². The van der Waals surface area contributed by atoms with Gasteiger partial charge >= 0.3 is 0 Å². The molecule has 5 heteroatoms. The molecule has 0 aliphatic carbocycles. The van der Waals surface area contributed by atoms with E-state index in [1.54, 1.807) is 12.1 Å². The molecule has 26 heavy (non-hydrogen) atoms. The molecular weight excluding hydrogens is 346 g/mol. The Morgan fingerprint density at radius 2 is 1.96 bits per heavy atom. The van der Waals surface area contributed by atoms with E-state index in [0.717, 1.165) is 24.8 Å². The molecule has 0 spiro atoms. The fraction of sp³-hybridized carbons (Fsp3) is 0.238. The van der Waals surface area contributed by atoms with Gasteiger partial charge in [0.2, 0.25) is 0 Å². The zero-order chi connectivity index (χ0) is 18.8. The predicted octanol–water partition coefficient (Wildman–Crippen LogP) is 4.61. The normalized spacial score (nSPS) is 10.9. The topological polar surface area (TPSA) is 64.9 Å². The monoisotopic (exact) mass is 367 g/mol. The third kappa shape index (κ3) is 6.27. The van der Waals surface area contributed by atoms with Gasteiger partial charge in [0.05, 0.1) is 0 Å². The van der Waals surface area contributed by atoms with Crippen LogP contribution in [0.5, 0.6) is 0 Å². The zero-order valence-electron chi connectivity index (χ0n) is 14.8. The molecule has 0 atom stereocenters. The largest absolute Gasteiger partial charge is 0.390 e. The number of hydrogen-bond donors (Lipinski definition) is 2. The van der Waals surface area contributed by atoms with Crippen LogP contribution in [0.15, 0.2) is 60.3 Å². The fourth-order valence-corrected chi connectivity index (χ4v) is 2.61. The minimum atomic E-state index is -0.449. The number of anilines is 1. The van der Waals surface area contributed by atoms with Crippen molar-refractivity contribution in [2.75, 3.05) is 11.9 Å². The summed E-state index contributed by atoms with van der Waals surface area (Å²) in [5.41, 5.74) is 2.84. The Labute approximate surface area is 159 Å². The summed E-state index contributed by atoms with van der Waals surface area (Å²) in [6.07, 6.45) is 4.49. The van der Waals surface area contributed by atoms with Gasteiger partial charge in [-0.1, -0.05) is 48.0 Å². The molecule has 0 saturated carbocycles. The van der Waals surface area contributed by atoms with Gasteiger partial charge in [-0.25, -0.2) is 0 Å². The Bertz CT molecular complexity index is 810. The average molecular weight is 368 g/mol. The van der Waals surface area contributed by atoms with Gasteiger partial charge in [-0.3, -0.25) is 4.79 Å². The van der Waals surface area contributed by atoms with E-state index in [1.165, 1.54) is 11.8 Å². The third-order valence-corrected chi connectivity index (χ3v) is 4.17. The molecule has 0 unspecified atom stereocenters. The summed E-state index contributed by atoms with van der Waals surface area (Å²) in [5.74, 6) is -0.449. The van der Waals surface area contributed by atoms with Crippen molar-refractivity contribution in [2.24, 2.45) is 0 Å². The first-order valence-corrected chi connectivity index (χ1v) is 8.93. The van der Waals surface area contributed by atoms with Gasteiger partial charge < -0.3 is 10.6 Å². The SMILES string of the molecule is Cc1ccc(Cl)cc1NC(=O)/C(C#N)=C\NCCCCc1ccccc1. The number of nitrogens with zero attached hydrogens (tertiary/aromatic N) is 1. The molecule has 2 aromatic rings. The lowest BCUT2D eigenvalue weighted by Crippen LogP contribution is -2.17. The summed E-state index contributed by atoms with van der Waals surface area (Å²) in [7, 11) is 0. The Morgan fingerprint density at radius 1 is 1.19 bits per heavy atom. The second kappa shape index (κ2) is 10.3. The molecule has 0 aliphatic rings. The van der Waals surface area contributed by atoms with Crippen LogP contribution in [0.1, 0.15) is 24.0 Å². The average Bonchev–Trinajstić information content (AvgIpc) is 2.65. The quantitative estimate of drug-likeness (QED) is 0.407. The van der Waals surface area contributed by atoms with E-state index < -0.39 is 5.91 Å². The maximum Gasteiger partial charge on any atom is 0.267 e. The number of carbonyl (C=O) groups is 1. The smallest absolute Gasteiger partial charge is 0.267 e. The van der Waals surface area contributed by atoms with Gasteiger partial charge in [-0.05, 0) is 49.4 Å². The second-order valence-corrected chi connectivity index (χ2v) is 6.42. The van der Waals surface area contributed by atoms with Crippen LogP contribution in [0.25, 0.3) is 0 Å². The first-order chi connectivity index (χ1) is 12.6. The highest BCUT2D eigenvalue weighted by molar-refractivity contribution is 6.31. The maximum absolute atomic E-state index is 12.2.